The van der Waals surface area contributed by atoms with Crippen LogP contribution in [0.2, 0.25) is 0 Å². The molecule has 1 aliphatic rings. The monoisotopic (exact) mass is 330 g/mol. The van der Waals surface area contributed by atoms with Gasteiger partial charge < -0.3 is 15.0 Å². The number of thioether (sulfide) groups is 1. The molecule has 126 valence electrons. The van der Waals surface area contributed by atoms with E-state index in [1.807, 2.05) is 20.8 Å². The Bertz CT molecular complexity index is 420. The zero-order valence-electron chi connectivity index (χ0n) is 13.8. The van der Waals surface area contributed by atoms with E-state index in [4.69, 9.17) is 4.74 Å². The van der Waals surface area contributed by atoms with Gasteiger partial charge in [-0.15, -0.1) is 0 Å². The molecule has 0 bridgehead atoms. The van der Waals surface area contributed by atoms with Crippen LogP contribution in [0.1, 0.15) is 47.0 Å². The standard InChI is InChI=1S/C15H26N2O4S/c1-11(18)22-12-9-13(19)17(10-12)8-6-5-7-16-14(20)21-15(2,3)4/h12H,5-10H2,1-4H3,(H,16,20). The van der Waals surface area contributed by atoms with Crippen LogP contribution in [0.15, 0.2) is 0 Å². The number of unbranched alkanes of at least 4 members (excludes halogenated alkanes) is 1. The normalized spacial score (nSPS) is 18.5. The van der Waals surface area contributed by atoms with Gasteiger partial charge in [-0.1, -0.05) is 11.8 Å². The van der Waals surface area contributed by atoms with Crippen molar-refractivity contribution < 1.29 is 19.1 Å². The van der Waals surface area contributed by atoms with Crippen molar-refractivity contribution in [2.24, 2.45) is 0 Å². The van der Waals surface area contributed by atoms with Crippen molar-refractivity contribution in [3.63, 3.8) is 0 Å². The number of nitrogens with zero attached hydrogens (tertiary/aromatic N) is 1. The van der Waals surface area contributed by atoms with Crippen LogP contribution in [0.3, 0.4) is 0 Å². The number of amides is 2. The molecule has 2 amide bonds. The maximum absolute atomic E-state index is 11.8. The number of alkyl carbamates (subject to hydrolysis) is 1. The van der Waals surface area contributed by atoms with E-state index in [1.54, 1.807) is 4.90 Å². The highest BCUT2D eigenvalue weighted by molar-refractivity contribution is 8.14. The summed E-state index contributed by atoms with van der Waals surface area (Å²) < 4.78 is 5.14. The van der Waals surface area contributed by atoms with Crippen molar-refractivity contribution in [2.45, 2.75) is 57.8 Å². The van der Waals surface area contributed by atoms with E-state index in [1.165, 1.54) is 18.7 Å². The van der Waals surface area contributed by atoms with E-state index >= 15 is 0 Å². The third-order valence-corrected chi connectivity index (χ3v) is 4.02. The highest BCUT2D eigenvalue weighted by Crippen LogP contribution is 2.24. The smallest absolute Gasteiger partial charge is 0.407 e. The van der Waals surface area contributed by atoms with Gasteiger partial charge in [0.25, 0.3) is 0 Å². The van der Waals surface area contributed by atoms with Crippen LogP contribution < -0.4 is 5.32 Å². The Labute approximate surface area is 136 Å². The quantitative estimate of drug-likeness (QED) is 0.755. The van der Waals surface area contributed by atoms with Crippen LogP contribution >= 0.6 is 11.8 Å². The van der Waals surface area contributed by atoms with Gasteiger partial charge in [-0.2, -0.15) is 0 Å². The molecule has 1 atom stereocenters. The molecule has 0 radical (unpaired) electrons. The summed E-state index contributed by atoms with van der Waals surface area (Å²) in [4.78, 5) is 36.1. The Kier molecular flexibility index (Phi) is 7.19. The minimum atomic E-state index is -0.491. The van der Waals surface area contributed by atoms with Gasteiger partial charge in [-0.3, -0.25) is 9.59 Å². The van der Waals surface area contributed by atoms with Crippen LogP contribution in [0.4, 0.5) is 4.79 Å². The molecule has 0 spiro atoms. The summed E-state index contributed by atoms with van der Waals surface area (Å²) in [6.07, 6.45) is 1.63. The van der Waals surface area contributed by atoms with E-state index in [0.29, 0.717) is 26.1 Å². The number of carbonyl (C=O) groups is 3. The summed E-state index contributed by atoms with van der Waals surface area (Å²) in [6, 6.07) is 0. The second kappa shape index (κ2) is 8.41. The summed E-state index contributed by atoms with van der Waals surface area (Å²) >= 11 is 1.25. The number of likely N-dealkylation sites (tertiary alicyclic amines) is 1. The Morgan fingerprint density at radius 3 is 2.64 bits per heavy atom. The summed E-state index contributed by atoms with van der Waals surface area (Å²) in [6.45, 7) is 8.83. The first-order valence-electron chi connectivity index (χ1n) is 7.59. The maximum Gasteiger partial charge on any atom is 0.407 e. The molecule has 1 unspecified atom stereocenters. The minimum Gasteiger partial charge on any atom is -0.444 e. The van der Waals surface area contributed by atoms with Crippen LogP contribution in [0.25, 0.3) is 0 Å². The molecule has 0 aromatic heterocycles. The van der Waals surface area contributed by atoms with E-state index in [-0.39, 0.29) is 16.3 Å². The molecule has 1 heterocycles. The zero-order valence-corrected chi connectivity index (χ0v) is 14.6. The minimum absolute atomic E-state index is 0.0567. The Balaban J connectivity index is 2.13. The van der Waals surface area contributed by atoms with Gasteiger partial charge in [-0.05, 0) is 33.6 Å². The summed E-state index contributed by atoms with van der Waals surface area (Å²) in [5, 5.41) is 2.84. The number of carbonyl (C=O) groups excluding carboxylic acids is 3. The molecule has 7 heteroatoms. The highest BCUT2D eigenvalue weighted by atomic mass is 32.2. The highest BCUT2D eigenvalue weighted by Gasteiger charge is 2.30. The lowest BCUT2D eigenvalue weighted by atomic mass is 10.2. The molecule has 0 aromatic carbocycles. The first-order chi connectivity index (χ1) is 10.2. The third kappa shape index (κ3) is 7.68. The summed E-state index contributed by atoms with van der Waals surface area (Å²) in [5.41, 5.74) is -0.491. The number of rotatable bonds is 6. The van der Waals surface area contributed by atoms with Crippen molar-refractivity contribution in [1.29, 1.82) is 0 Å². The van der Waals surface area contributed by atoms with Gasteiger partial charge in [-0.25, -0.2) is 4.79 Å². The van der Waals surface area contributed by atoms with Crippen molar-refractivity contribution >= 4 is 28.9 Å². The molecule has 0 aliphatic carbocycles. The van der Waals surface area contributed by atoms with E-state index < -0.39 is 11.7 Å². The van der Waals surface area contributed by atoms with Gasteiger partial charge in [0, 0.05) is 38.2 Å². The lowest BCUT2D eigenvalue weighted by molar-refractivity contribution is -0.127. The summed E-state index contributed by atoms with van der Waals surface area (Å²) in [5.74, 6) is 0.110. The van der Waals surface area contributed by atoms with Crippen molar-refractivity contribution in [3.05, 3.63) is 0 Å². The molecule has 0 aromatic rings. The Morgan fingerprint density at radius 2 is 2.05 bits per heavy atom. The fourth-order valence-electron chi connectivity index (χ4n) is 2.20. The predicted molar refractivity (Wildman–Crippen MR) is 86.7 cm³/mol. The van der Waals surface area contributed by atoms with Gasteiger partial charge >= 0.3 is 6.09 Å². The van der Waals surface area contributed by atoms with Gasteiger partial charge in [0.15, 0.2) is 5.12 Å². The number of hydrogen-bond acceptors (Lipinski definition) is 5. The number of nitrogens with one attached hydrogen (secondary N) is 1. The summed E-state index contributed by atoms with van der Waals surface area (Å²) in [7, 11) is 0. The van der Waals surface area contributed by atoms with Gasteiger partial charge in [0.2, 0.25) is 5.91 Å². The molecule has 1 fully saturated rings. The van der Waals surface area contributed by atoms with Crippen LogP contribution in [-0.2, 0) is 14.3 Å². The van der Waals surface area contributed by atoms with Crippen molar-refractivity contribution in [3.8, 4) is 0 Å². The van der Waals surface area contributed by atoms with Crippen molar-refractivity contribution in [2.75, 3.05) is 19.6 Å². The van der Waals surface area contributed by atoms with E-state index in [9.17, 15) is 14.4 Å². The average molecular weight is 330 g/mol. The SMILES string of the molecule is CC(=O)SC1CC(=O)N(CCCCNC(=O)OC(C)(C)C)C1. The molecule has 1 rings (SSSR count). The van der Waals surface area contributed by atoms with E-state index in [2.05, 4.69) is 5.32 Å². The predicted octanol–water partition coefficient (Wildman–Crippen LogP) is 2.17. The molecule has 1 aliphatic heterocycles. The average Bonchev–Trinajstić information content (AvgIpc) is 2.66. The lowest BCUT2D eigenvalue weighted by Gasteiger charge is -2.20. The first kappa shape index (κ1) is 18.8. The molecule has 1 saturated heterocycles. The molecule has 0 saturated carbocycles. The first-order valence-corrected chi connectivity index (χ1v) is 8.47. The Morgan fingerprint density at radius 1 is 1.36 bits per heavy atom. The topological polar surface area (TPSA) is 75.7 Å². The van der Waals surface area contributed by atoms with Gasteiger partial charge in [0.1, 0.15) is 5.60 Å². The largest absolute Gasteiger partial charge is 0.444 e. The third-order valence-electron chi connectivity index (χ3n) is 3.03. The number of hydrogen-bond donors (Lipinski definition) is 1. The van der Waals surface area contributed by atoms with E-state index in [0.717, 1.165) is 12.8 Å². The van der Waals surface area contributed by atoms with Crippen LogP contribution in [0.5, 0.6) is 0 Å². The maximum atomic E-state index is 11.8. The van der Waals surface area contributed by atoms with Crippen LogP contribution in [-0.4, -0.2) is 52.5 Å². The number of ether oxygens (including phenoxy) is 1. The molecule has 6 nitrogen and oxygen atoms in total. The fraction of sp³-hybridized carbons (Fsp3) is 0.800. The zero-order chi connectivity index (χ0) is 16.8. The molecular weight excluding hydrogens is 304 g/mol. The van der Waals surface area contributed by atoms with Crippen LogP contribution in [0, 0.1) is 0 Å². The second-order valence-corrected chi connectivity index (χ2v) is 7.89. The molecular formula is C15H26N2O4S. The second-order valence-electron chi connectivity index (χ2n) is 6.41. The lowest BCUT2D eigenvalue weighted by Crippen LogP contribution is -2.33. The Hall–Kier alpha value is -1.24. The van der Waals surface area contributed by atoms with Crippen molar-refractivity contribution in [1.82, 2.24) is 10.2 Å². The molecule has 22 heavy (non-hydrogen) atoms. The fourth-order valence-corrected chi connectivity index (χ4v) is 3.15. The molecule has 1 N–H and O–H groups in total. The van der Waals surface area contributed by atoms with Gasteiger partial charge in [0.05, 0.1) is 0 Å².